The van der Waals surface area contributed by atoms with Crippen molar-refractivity contribution in [2.45, 2.75) is 38.3 Å². The number of nitrogens with zero attached hydrogens (tertiary/aromatic N) is 3. The topological polar surface area (TPSA) is 31.4 Å². The summed E-state index contributed by atoms with van der Waals surface area (Å²) in [4.78, 5) is 9.50. The van der Waals surface area contributed by atoms with Crippen LogP contribution in [0.4, 0.5) is 5.69 Å². The zero-order valence-electron chi connectivity index (χ0n) is 12.5. The molecule has 0 spiro atoms. The molecule has 2 fully saturated rings. The Morgan fingerprint density at radius 1 is 1.20 bits per heavy atom. The maximum atomic E-state index is 4.26. The van der Waals surface area contributed by atoms with Crippen LogP contribution in [0.15, 0.2) is 18.5 Å². The molecule has 1 aromatic rings. The molecule has 20 heavy (non-hydrogen) atoms. The Morgan fingerprint density at radius 3 is 2.65 bits per heavy atom. The summed E-state index contributed by atoms with van der Waals surface area (Å²) in [6.45, 7) is 5.62. The summed E-state index contributed by atoms with van der Waals surface area (Å²) in [5.74, 6) is 0. The lowest BCUT2D eigenvalue weighted by Crippen LogP contribution is -2.50. The summed E-state index contributed by atoms with van der Waals surface area (Å²) < 4.78 is 0. The highest BCUT2D eigenvalue weighted by atomic mass is 15.3. The van der Waals surface area contributed by atoms with Crippen LogP contribution in [0, 0.1) is 0 Å². The van der Waals surface area contributed by atoms with Gasteiger partial charge >= 0.3 is 0 Å². The Kier molecular flexibility index (Phi) is 4.53. The molecular formula is C16H26N4. The number of piperazine rings is 1. The first-order valence-electron chi connectivity index (χ1n) is 7.95. The summed E-state index contributed by atoms with van der Waals surface area (Å²) in [7, 11) is 1.99. The minimum Gasteiger partial charge on any atom is -0.369 e. The fourth-order valence-electron chi connectivity index (χ4n) is 3.65. The SMILES string of the molecule is CNCc1cnccc1N1CCN(C2CCCC2)CC1. The summed E-state index contributed by atoms with van der Waals surface area (Å²) in [5, 5.41) is 3.24. The van der Waals surface area contributed by atoms with E-state index in [-0.39, 0.29) is 0 Å². The molecule has 1 N–H and O–H groups in total. The first-order chi connectivity index (χ1) is 9.88. The van der Waals surface area contributed by atoms with Crippen LogP contribution in [-0.4, -0.2) is 49.2 Å². The number of rotatable bonds is 4. The normalized spacial score (nSPS) is 21.6. The number of anilines is 1. The van der Waals surface area contributed by atoms with Crippen molar-refractivity contribution in [1.29, 1.82) is 0 Å². The van der Waals surface area contributed by atoms with Crippen molar-refractivity contribution in [3.63, 3.8) is 0 Å². The van der Waals surface area contributed by atoms with Crippen LogP contribution >= 0.6 is 0 Å². The Bertz CT molecular complexity index is 420. The van der Waals surface area contributed by atoms with Gasteiger partial charge < -0.3 is 10.2 Å². The van der Waals surface area contributed by atoms with Crippen LogP contribution in [0.3, 0.4) is 0 Å². The van der Waals surface area contributed by atoms with Gasteiger partial charge in [0.15, 0.2) is 0 Å². The Balaban J connectivity index is 1.62. The fourth-order valence-corrected chi connectivity index (χ4v) is 3.65. The second kappa shape index (κ2) is 6.55. The predicted molar refractivity (Wildman–Crippen MR) is 83.0 cm³/mol. The van der Waals surface area contributed by atoms with E-state index in [1.165, 1.54) is 50.0 Å². The van der Waals surface area contributed by atoms with Crippen molar-refractivity contribution >= 4 is 5.69 Å². The molecule has 0 unspecified atom stereocenters. The molecule has 1 saturated carbocycles. The van der Waals surface area contributed by atoms with E-state index in [1.54, 1.807) is 0 Å². The number of aromatic nitrogens is 1. The van der Waals surface area contributed by atoms with Gasteiger partial charge in [0.1, 0.15) is 0 Å². The van der Waals surface area contributed by atoms with Crippen LogP contribution in [0.5, 0.6) is 0 Å². The highest BCUT2D eigenvalue weighted by Gasteiger charge is 2.26. The van der Waals surface area contributed by atoms with Crippen molar-refractivity contribution in [3.05, 3.63) is 24.0 Å². The van der Waals surface area contributed by atoms with Gasteiger partial charge in [-0.05, 0) is 26.0 Å². The number of hydrogen-bond donors (Lipinski definition) is 1. The van der Waals surface area contributed by atoms with Gasteiger partial charge in [-0.2, -0.15) is 0 Å². The summed E-state index contributed by atoms with van der Waals surface area (Å²) in [6.07, 6.45) is 9.61. The highest BCUT2D eigenvalue weighted by Crippen LogP contribution is 2.26. The Labute approximate surface area is 122 Å². The van der Waals surface area contributed by atoms with Crippen LogP contribution < -0.4 is 10.2 Å². The van der Waals surface area contributed by atoms with Crippen molar-refractivity contribution in [2.75, 3.05) is 38.1 Å². The van der Waals surface area contributed by atoms with Crippen molar-refractivity contribution < 1.29 is 0 Å². The second-order valence-corrected chi connectivity index (χ2v) is 6.00. The fraction of sp³-hybridized carbons (Fsp3) is 0.688. The molecule has 3 rings (SSSR count). The molecule has 1 aromatic heterocycles. The van der Waals surface area contributed by atoms with Crippen molar-refractivity contribution in [3.8, 4) is 0 Å². The molecule has 0 radical (unpaired) electrons. The number of pyridine rings is 1. The summed E-state index contributed by atoms with van der Waals surface area (Å²) >= 11 is 0. The lowest BCUT2D eigenvalue weighted by Gasteiger charge is -2.39. The lowest BCUT2D eigenvalue weighted by molar-refractivity contribution is 0.187. The molecule has 0 amide bonds. The second-order valence-electron chi connectivity index (χ2n) is 6.00. The van der Waals surface area contributed by atoms with E-state index in [0.29, 0.717) is 0 Å². The molecular weight excluding hydrogens is 248 g/mol. The Morgan fingerprint density at radius 2 is 1.95 bits per heavy atom. The summed E-state index contributed by atoms with van der Waals surface area (Å²) in [5.41, 5.74) is 2.67. The van der Waals surface area contributed by atoms with E-state index < -0.39 is 0 Å². The van der Waals surface area contributed by atoms with Gasteiger partial charge in [0.2, 0.25) is 0 Å². The molecule has 110 valence electrons. The molecule has 2 heterocycles. The van der Waals surface area contributed by atoms with E-state index in [9.17, 15) is 0 Å². The van der Waals surface area contributed by atoms with Crippen LogP contribution in [0.25, 0.3) is 0 Å². The van der Waals surface area contributed by atoms with Gasteiger partial charge in [-0.25, -0.2) is 0 Å². The Hall–Kier alpha value is -1.13. The van der Waals surface area contributed by atoms with Crippen molar-refractivity contribution in [2.24, 2.45) is 0 Å². The molecule has 0 bridgehead atoms. The standard InChI is InChI=1S/C16H26N4/c1-17-12-14-13-18-7-6-16(14)20-10-8-19(9-11-20)15-4-2-3-5-15/h6-7,13,15,17H,2-5,8-12H2,1H3. The first-order valence-corrected chi connectivity index (χ1v) is 7.95. The minimum atomic E-state index is 0.867. The quantitative estimate of drug-likeness (QED) is 0.908. The van der Waals surface area contributed by atoms with Gasteiger partial charge in [0.25, 0.3) is 0 Å². The zero-order valence-corrected chi connectivity index (χ0v) is 12.5. The first kappa shape index (κ1) is 13.8. The van der Waals surface area contributed by atoms with Crippen molar-refractivity contribution in [1.82, 2.24) is 15.2 Å². The maximum absolute atomic E-state index is 4.26. The molecule has 1 saturated heterocycles. The molecule has 1 aliphatic heterocycles. The molecule has 0 aromatic carbocycles. The van der Waals surface area contributed by atoms with Crippen LogP contribution in [0.1, 0.15) is 31.2 Å². The minimum absolute atomic E-state index is 0.867. The largest absolute Gasteiger partial charge is 0.369 e. The third-order valence-electron chi connectivity index (χ3n) is 4.74. The van der Waals surface area contributed by atoms with Gasteiger partial charge in [-0.3, -0.25) is 9.88 Å². The predicted octanol–water partition coefficient (Wildman–Crippen LogP) is 1.87. The number of nitrogens with one attached hydrogen (secondary N) is 1. The highest BCUT2D eigenvalue weighted by molar-refractivity contribution is 5.52. The molecule has 0 atom stereocenters. The van der Waals surface area contributed by atoms with Crippen LogP contribution in [0.2, 0.25) is 0 Å². The maximum Gasteiger partial charge on any atom is 0.0443 e. The van der Waals surface area contributed by atoms with Gasteiger partial charge in [0, 0.05) is 62.4 Å². The van der Waals surface area contributed by atoms with Crippen LogP contribution in [-0.2, 0) is 6.54 Å². The molecule has 4 nitrogen and oxygen atoms in total. The molecule has 1 aliphatic carbocycles. The van der Waals surface area contributed by atoms with E-state index in [0.717, 1.165) is 25.7 Å². The zero-order chi connectivity index (χ0) is 13.8. The average Bonchev–Trinajstić information content (AvgIpc) is 3.03. The monoisotopic (exact) mass is 274 g/mol. The molecule has 2 aliphatic rings. The van der Waals surface area contributed by atoms with Gasteiger partial charge in [-0.1, -0.05) is 12.8 Å². The summed E-state index contributed by atoms with van der Waals surface area (Å²) in [6, 6.07) is 3.03. The van der Waals surface area contributed by atoms with Gasteiger partial charge in [0.05, 0.1) is 0 Å². The van der Waals surface area contributed by atoms with E-state index in [4.69, 9.17) is 0 Å². The third kappa shape index (κ3) is 2.96. The van der Waals surface area contributed by atoms with E-state index >= 15 is 0 Å². The number of hydrogen-bond acceptors (Lipinski definition) is 4. The third-order valence-corrected chi connectivity index (χ3v) is 4.74. The van der Waals surface area contributed by atoms with Gasteiger partial charge in [-0.15, -0.1) is 0 Å². The smallest absolute Gasteiger partial charge is 0.0443 e. The van der Waals surface area contributed by atoms with E-state index in [2.05, 4.69) is 26.2 Å². The van der Waals surface area contributed by atoms with E-state index in [1.807, 2.05) is 19.4 Å². The lowest BCUT2D eigenvalue weighted by atomic mass is 10.1. The molecule has 4 heteroatoms. The average molecular weight is 274 g/mol.